The maximum Gasteiger partial charge on any atom is 0.416 e. The van der Waals surface area contributed by atoms with Gasteiger partial charge in [-0.2, -0.15) is 26.3 Å². The Bertz CT molecular complexity index is 828. The van der Waals surface area contributed by atoms with Crippen molar-refractivity contribution in [3.8, 4) is 0 Å². The van der Waals surface area contributed by atoms with E-state index in [-0.39, 0.29) is 17.4 Å². The van der Waals surface area contributed by atoms with Crippen molar-refractivity contribution in [1.82, 2.24) is 0 Å². The third-order valence-electron chi connectivity index (χ3n) is 3.26. The van der Waals surface area contributed by atoms with Crippen molar-refractivity contribution in [2.45, 2.75) is 12.4 Å². The molecule has 2 rings (SSSR count). The summed E-state index contributed by atoms with van der Waals surface area (Å²) in [5, 5.41) is 4.42. The molecule has 4 N–H and O–H groups in total. The molecule has 0 aliphatic carbocycles. The number of anilines is 2. The van der Waals surface area contributed by atoms with Gasteiger partial charge in [-0.1, -0.05) is 0 Å². The second-order valence-corrected chi connectivity index (χ2v) is 5.32. The monoisotopic (exact) mass is 391 g/mol. The molecule has 0 bridgehead atoms. The first-order chi connectivity index (χ1) is 12.4. The summed E-state index contributed by atoms with van der Waals surface area (Å²) in [4.78, 5) is 22.8. The van der Waals surface area contributed by atoms with Gasteiger partial charge in [-0.25, -0.2) is 4.79 Å². The van der Waals surface area contributed by atoms with E-state index >= 15 is 0 Å². The first-order valence-electron chi connectivity index (χ1n) is 7.13. The summed E-state index contributed by atoms with van der Waals surface area (Å²) in [6.07, 6.45) is -10.1. The molecule has 0 unspecified atom stereocenters. The predicted molar refractivity (Wildman–Crippen MR) is 84.0 cm³/mol. The van der Waals surface area contributed by atoms with E-state index < -0.39 is 41.0 Å². The SMILES string of the molecule is NC(=O)Nc1ccc(NC(=O)c2cc(C(F)(F)F)cc(C(F)(F)F)c2)cc1. The Morgan fingerprint density at radius 3 is 1.52 bits per heavy atom. The van der Waals surface area contributed by atoms with Crippen molar-refractivity contribution in [1.29, 1.82) is 0 Å². The van der Waals surface area contributed by atoms with Gasteiger partial charge in [0.25, 0.3) is 5.91 Å². The second-order valence-electron chi connectivity index (χ2n) is 5.32. The summed E-state index contributed by atoms with van der Waals surface area (Å²) < 4.78 is 77.0. The molecule has 5 nitrogen and oxygen atoms in total. The summed E-state index contributed by atoms with van der Waals surface area (Å²) in [5.74, 6) is -1.16. The topological polar surface area (TPSA) is 84.2 Å². The van der Waals surface area contributed by atoms with Gasteiger partial charge in [-0.05, 0) is 42.5 Å². The van der Waals surface area contributed by atoms with E-state index in [1.165, 1.54) is 24.3 Å². The maximum absolute atomic E-state index is 12.8. The largest absolute Gasteiger partial charge is 0.416 e. The minimum Gasteiger partial charge on any atom is -0.351 e. The highest BCUT2D eigenvalue weighted by Gasteiger charge is 2.37. The van der Waals surface area contributed by atoms with Gasteiger partial charge in [0.2, 0.25) is 0 Å². The number of alkyl halides is 6. The first-order valence-corrected chi connectivity index (χ1v) is 7.13. The van der Waals surface area contributed by atoms with Crippen LogP contribution in [0.5, 0.6) is 0 Å². The van der Waals surface area contributed by atoms with E-state index in [1.54, 1.807) is 0 Å². The number of hydrogen-bond donors (Lipinski definition) is 3. The fraction of sp³-hybridized carbons (Fsp3) is 0.125. The zero-order valence-electron chi connectivity index (χ0n) is 13.2. The third kappa shape index (κ3) is 5.36. The fourth-order valence-corrected chi connectivity index (χ4v) is 2.07. The minimum absolute atomic E-state index is 0.0684. The molecule has 0 radical (unpaired) electrons. The van der Waals surface area contributed by atoms with Crippen molar-refractivity contribution >= 4 is 23.3 Å². The van der Waals surface area contributed by atoms with Gasteiger partial charge in [-0.15, -0.1) is 0 Å². The highest BCUT2D eigenvalue weighted by atomic mass is 19.4. The van der Waals surface area contributed by atoms with Crippen LogP contribution in [0.2, 0.25) is 0 Å². The van der Waals surface area contributed by atoms with Crippen molar-refractivity contribution in [3.63, 3.8) is 0 Å². The molecule has 0 fully saturated rings. The molecule has 0 saturated heterocycles. The maximum atomic E-state index is 12.8. The van der Waals surface area contributed by atoms with Crippen LogP contribution in [0.4, 0.5) is 42.5 Å². The van der Waals surface area contributed by atoms with Crippen molar-refractivity contribution in [3.05, 3.63) is 59.2 Å². The lowest BCUT2D eigenvalue weighted by atomic mass is 10.0. The number of hydrogen-bond acceptors (Lipinski definition) is 2. The molecule has 0 saturated carbocycles. The molecule has 0 heterocycles. The van der Waals surface area contributed by atoms with Crippen molar-refractivity contribution in [2.24, 2.45) is 5.73 Å². The van der Waals surface area contributed by atoms with E-state index in [4.69, 9.17) is 5.73 Å². The first kappa shape index (κ1) is 20.1. The minimum atomic E-state index is -5.06. The third-order valence-corrected chi connectivity index (χ3v) is 3.26. The van der Waals surface area contributed by atoms with Crippen LogP contribution < -0.4 is 16.4 Å². The van der Waals surface area contributed by atoms with Crippen LogP contribution in [-0.2, 0) is 12.4 Å². The molecule has 11 heteroatoms. The molecule has 27 heavy (non-hydrogen) atoms. The lowest BCUT2D eigenvalue weighted by Crippen LogP contribution is -2.19. The number of carbonyl (C=O) groups excluding carboxylic acids is 2. The normalized spacial score (nSPS) is 11.8. The van der Waals surface area contributed by atoms with E-state index in [0.29, 0.717) is 12.1 Å². The summed E-state index contributed by atoms with van der Waals surface area (Å²) in [5.41, 5.74) is 1.28. The molecule has 0 atom stereocenters. The Morgan fingerprint density at radius 2 is 1.15 bits per heavy atom. The Kier molecular flexibility index (Phi) is 5.33. The number of primary amides is 1. The molecule has 2 aromatic rings. The molecule has 0 aliphatic rings. The van der Waals surface area contributed by atoms with Crippen molar-refractivity contribution < 1.29 is 35.9 Å². The van der Waals surface area contributed by atoms with E-state index in [1.807, 2.05) is 0 Å². The lowest BCUT2D eigenvalue weighted by Gasteiger charge is -2.14. The van der Waals surface area contributed by atoms with Crippen LogP contribution in [0.3, 0.4) is 0 Å². The summed E-state index contributed by atoms with van der Waals surface area (Å²) in [7, 11) is 0. The molecule has 144 valence electrons. The standard InChI is InChI=1S/C16H11F6N3O2/c17-15(18,19)9-5-8(6-10(7-9)16(20,21)22)13(26)24-11-1-3-12(4-2-11)25-14(23)27/h1-7H,(H,24,26)(H3,23,25,27). The quantitative estimate of drug-likeness (QED) is 0.675. The Morgan fingerprint density at radius 1 is 0.741 bits per heavy atom. The van der Waals surface area contributed by atoms with Gasteiger partial charge in [0.05, 0.1) is 11.1 Å². The molecule has 3 amide bonds. The van der Waals surface area contributed by atoms with Gasteiger partial charge < -0.3 is 16.4 Å². The number of nitrogens with two attached hydrogens (primary N) is 1. The Labute approximate surface area is 148 Å². The average molecular weight is 391 g/mol. The molecular weight excluding hydrogens is 380 g/mol. The zero-order chi connectivity index (χ0) is 20.4. The van der Waals surface area contributed by atoms with E-state index in [2.05, 4.69) is 10.6 Å². The molecule has 0 spiro atoms. The van der Waals surface area contributed by atoms with Gasteiger partial charge in [0.1, 0.15) is 0 Å². The smallest absolute Gasteiger partial charge is 0.351 e. The summed E-state index contributed by atoms with van der Waals surface area (Å²) in [6.45, 7) is 0. The van der Waals surface area contributed by atoms with Crippen LogP contribution in [0.1, 0.15) is 21.5 Å². The number of halogens is 6. The number of nitrogens with one attached hydrogen (secondary N) is 2. The van der Waals surface area contributed by atoms with Gasteiger partial charge in [0.15, 0.2) is 0 Å². The van der Waals surface area contributed by atoms with Crippen LogP contribution in [-0.4, -0.2) is 11.9 Å². The van der Waals surface area contributed by atoms with Crippen molar-refractivity contribution in [2.75, 3.05) is 10.6 Å². The highest BCUT2D eigenvalue weighted by molar-refractivity contribution is 6.04. The van der Waals surface area contributed by atoms with Crippen LogP contribution in [0, 0.1) is 0 Å². The molecule has 0 aromatic heterocycles. The predicted octanol–water partition coefficient (Wildman–Crippen LogP) is 4.47. The summed E-state index contributed by atoms with van der Waals surface area (Å²) in [6, 6.07) is 4.96. The van der Waals surface area contributed by atoms with Crippen LogP contribution >= 0.6 is 0 Å². The van der Waals surface area contributed by atoms with Crippen LogP contribution in [0.25, 0.3) is 0 Å². The van der Waals surface area contributed by atoms with Gasteiger partial charge in [-0.3, -0.25) is 4.79 Å². The number of urea groups is 1. The Balaban J connectivity index is 2.31. The fourth-order valence-electron chi connectivity index (χ4n) is 2.07. The number of rotatable bonds is 3. The van der Waals surface area contributed by atoms with E-state index in [9.17, 15) is 35.9 Å². The number of carbonyl (C=O) groups is 2. The number of amides is 3. The number of benzene rings is 2. The molecule has 2 aromatic carbocycles. The molecule has 0 aliphatic heterocycles. The summed E-state index contributed by atoms with van der Waals surface area (Å²) >= 11 is 0. The van der Waals surface area contributed by atoms with E-state index in [0.717, 1.165) is 0 Å². The molecular formula is C16H11F6N3O2. The Hall–Kier alpha value is -3.24. The van der Waals surface area contributed by atoms with Gasteiger partial charge >= 0.3 is 18.4 Å². The van der Waals surface area contributed by atoms with Gasteiger partial charge in [0, 0.05) is 16.9 Å². The second kappa shape index (κ2) is 7.17. The lowest BCUT2D eigenvalue weighted by molar-refractivity contribution is -0.143. The highest BCUT2D eigenvalue weighted by Crippen LogP contribution is 2.36. The average Bonchev–Trinajstić information content (AvgIpc) is 2.54. The van der Waals surface area contributed by atoms with Crippen LogP contribution in [0.15, 0.2) is 42.5 Å². The zero-order valence-corrected chi connectivity index (χ0v) is 13.2.